The summed E-state index contributed by atoms with van der Waals surface area (Å²) in [4.78, 5) is 79.8. The Morgan fingerprint density at radius 1 is 0.780 bits per heavy atom. The Labute approximate surface area is 291 Å². The van der Waals surface area contributed by atoms with Crippen LogP contribution in [0.3, 0.4) is 0 Å². The molecule has 0 fully saturated rings. The summed E-state index contributed by atoms with van der Waals surface area (Å²) in [5.41, 5.74) is 2.29. The number of carboxylic acid groups (broad SMARTS) is 1. The molecule has 0 radical (unpaired) electrons. The van der Waals surface area contributed by atoms with Crippen LogP contribution < -0.4 is 21.3 Å². The zero-order chi connectivity index (χ0) is 36.3. The fourth-order valence-electron chi connectivity index (χ4n) is 5.06. The first kappa shape index (κ1) is 39.0. The summed E-state index contributed by atoms with van der Waals surface area (Å²) in [7, 11) is 0. The number of H-pyrrole nitrogens is 1. The maximum Gasteiger partial charge on any atom is 0.408 e. The summed E-state index contributed by atoms with van der Waals surface area (Å²) in [5, 5.41) is 20.6. The summed E-state index contributed by atoms with van der Waals surface area (Å²) in [5.74, 6) is -3.93. The molecule has 1 aromatic heterocycles. The maximum atomic E-state index is 13.7. The molecule has 3 atom stereocenters. The number of ether oxygens (including phenoxy) is 2. The van der Waals surface area contributed by atoms with Crippen molar-refractivity contribution in [2.75, 3.05) is 13.2 Å². The third kappa shape index (κ3) is 13.2. The number of esters is 1. The lowest BCUT2D eigenvalue weighted by Crippen LogP contribution is -2.57. The smallest absolute Gasteiger partial charge is 0.408 e. The second-order valence-electron chi connectivity index (χ2n) is 11.8. The van der Waals surface area contributed by atoms with E-state index in [2.05, 4.69) is 26.3 Å². The lowest BCUT2D eigenvalue weighted by Gasteiger charge is -2.25. The van der Waals surface area contributed by atoms with Crippen LogP contribution in [0.1, 0.15) is 69.9 Å². The van der Waals surface area contributed by atoms with E-state index in [1.807, 2.05) is 38.1 Å². The van der Waals surface area contributed by atoms with E-state index in [1.54, 1.807) is 36.5 Å². The summed E-state index contributed by atoms with van der Waals surface area (Å²) < 4.78 is 10.3. The first-order chi connectivity index (χ1) is 24.1. The number of aromatic nitrogens is 1. The van der Waals surface area contributed by atoms with Crippen molar-refractivity contribution < 1.29 is 43.3 Å². The molecule has 3 aromatic rings. The van der Waals surface area contributed by atoms with Crippen molar-refractivity contribution in [2.24, 2.45) is 0 Å². The highest BCUT2D eigenvalue weighted by molar-refractivity contribution is 5.95. The highest BCUT2D eigenvalue weighted by Crippen LogP contribution is 2.19. The average molecular weight is 694 g/mol. The Morgan fingerprint density at radius 2 is 1.46 bits per heavy atom. The molecule has 270 valence electrons. The molecule has 0 saturated carbocycles. The van der Waals surface area contributed by atoms with E-state index in [9.17, 15) is 33.9 Å². The van der Waals surface area contributed by atoms with Crippen molar-refractivity contribution in [3.63, 3.8) is 0 Å². The first-order valence-electron chi connectivity index (χ1n) is 16.9. The first-order valence-corrected chi connectivity index (χ1v) is 16.9. The molecule has 4 amide bonds. The Balaban J connectivity index is 1.73. The number of para-hydroxylation sites is 1. The van der Waals surface area contributed by atoms with Crippen LogP contribution in [0.15, 0.2) is 60.8 Å². The number of alkyl carbamates (subject to hydrolysis) is 1. The number of hydrogen-bond donors (Lipinski definition) is 6. The quantitative estimate of drug-likeness (QED) is 0.0713. The van der Waals surface area contributed by atoms with E-state index in [0.29, 0.717) is 25.0 Å². The van der Waals surface area contributed by atoms with Gasteiger partial charge in [0.2, 0.25) is 17.7 Å². The van der Waals surface area contributed by atoms with Crippen LogP contribution in [0.25, 0.3) is 10.9 Å². The molecular formula is C36H47N5O9. The van der Waals surface area contributed by atoms with Gasteiger partial charge in [-0.1, -0.05) is 81.6 Å². The van der Waals surface area contributed by atoms with E-state index >= 15 is 0 Å². The molecule has 3 rings (SSSR count). The van der Waals surface area contributed by atoms with Crippen LogP contribution in [0.4, 0.5) is 4.79 Å². The minimum Gasteiger partial charge on any atom is -0.481 e. The number of nitrogens with one attached hydrogen (secondary N) is 5. The van der Waals surface area contributed by atoms with Gasteiger partial charge in [0.15, 0.2) is 0 Å². The topological polar surface area (TPSA) is 205 Å². The zero-order valence-electron chi connectivity index (χ0n) is 28.5. The zero-order valence-corrected chi connectivity index (χ0v) is 28.5. The molecule has 0 unspecified atom stereocenters. The molecule has 0 bridgehead atoms. The minimum atomic E-state index is -1.55. The molecule has 0 spiro atoms. The van der Waals surface area contributed by atoms with Gasteiger partial charge >= 0.3 is 18.0 Å². The molecule has 0 aliphatic carbocycles. The van der Waals surface area contributed by atoms with Crippen LogP contribution in [0.2, 0.25) is 0 Å². The maximum absolute atomic E-state index is 13.7. The molecule has 0 aliphatic heterocycles. The average Bonchev–Trinajstić information content (AvgIpc) is 3.51. The largest absolute Gasteiger partial charge is 0.481 e. The van der Waals surface area contributed by atoms with Crippen molar-refractivity contribution in [3.05, 3.63) is 71.9 Å². The van der Waals surface area contributed by atoms with Crippen LogP contribution in [-0.2, 0) is 46.5 Å². The number of unbranched alkanes of at least 4 members (excludes halogenated alkanes) is 2. The Bertz CT molecular complexity index is 1580. The van der Waals surface area contributed by atoms with Gasteiger partial charge in [0.25, 0.3) is 0 Å². The van der Waals surface area contributed by atoms with Gasteiger partial charge in [-0.15, -0.1) is 0 Å². The number of aromatic amines is 1. The van der Waals surface area contributed by atoms with Gasteiger partial charge < -0.3 is 40.8 Å². The molecule has 14 nitrogen and oxygen atoms in total. The van der Waals surface area contributed by atoms with Gasteiger partial charge in [0.05, 0.1) is 19.4 Å². The number of carbonyl (C=O) groups excluding carboxylic acids is 5. The lowest BCUT2D eigenvalue weighted by molar-refractivity contribution is -0.144. The molecule has 50 heavy (non-hydrogen) atoms. The van der Waals surface area contributed by atoms with E-state index in [4.69, 9.17) is 9.47 Å². The fourth-order valence-corrected chi connectivity index (χ4v) is 5.06. The summed E-state index contributed by atoms with van der Waals surface area (Å²) in [6, 6.07) is 12.5. The van der Waals surface area contributed by atoms with E-state index < -0.39 is 60.3 Å². The van der Waals surface area contributed by atoms with E-state index in [0.717, 1.165) is 29.3 Å². The van der Waals surface area contributed by atoms with Gasteiger partial charge in [-0.3, -0.25) is 24.0 Å². The number of fused-ring (bicyclic) bond motifs is 1. The van der Waals surface area contributed by atoms with Gasteiger partial charge in [-0.2, -0.15) is 0 Å². The molecule has 14 heteroatoms. The number of carbonyl (C=O) groups is 6. The SMILES string of the molecule is CCCCOC(=O)CCNC(=O)[C@H](Cc1c[nH]c2ccccc12)NC(=O)[C@@H](CCCC)NC(=O)[C@H](CC(=O)O)NC(=O)OCc1ccccc1. The number of amides is 4. The number of benzene rings is 2. The second kappa shape index (κ2) is 20.9. The molecule has 0 aliphatic rings. The number of rotatable bonds is 21. The summed E-state index contributed by atoms with van der Waals surface area (Å²) in [6.45, 7) is 4.06. The van der Waals surface area contributed by atoms with Crippen LogP contribution in [-0.4, -0.2) is 77.1 Å². The van der Waals surface area contributed by atoms with Gasteiger partial charge in [0.1, 0.15) is 24.7 Å². The molecular weight excluding hydrogens is 646 g/mol. The van der Waals surface area contributed by atoms with Gasteiger partial charge in [-0.05, 0) is 30.0 Å². The van der Waals surface area contributed by atoms with Crippen molar-refractivity contribution in [1.82, 2.24) is 26.3 Å². The number of hydrogen-bond acceptors (Lipinski definition) is 8. The van der Waals surface area contributed by atoms with Gasteiger partial charge in [0, 0.05) is 30.1 Å². The van der Waals surface area contributed by atoms with Gasteiger partial charge in [-0.25, -0.2) is 4.79 Å². The Kier molecular flexibility index (Phi) is 16.3. The summed E-state index contributed by atoms with van der Waals surface area (Å²) >= 11 is 0. The third-order valence-corrected chi connectivity index (χ3v) is 7.80. The van der Waals surface area contributed by atoms with Crippen molar-refractivity contribution in [3.8, 4) is 0 Å². The second-order valence-corrected chi connectivity index (χ2v) is 11.8. The Hall–Kier alpha value is -5.40. The summed E-state index contributed by atoms with van der Waals surface area (Å²) in [6.07, 6.45) is 3.00. The molecule has 2 aromatic carbocycles. The van der Waals surface area contributed by atoms with E-state index in [-0.39, 0.29) is 32.4 Å². The highest BCUT2D eigenvalue weighted by atomic mass is 16.5. The van der Waals surface area contributed by atoms with Crippen molar-refractivity contribution >= 4 is 46.7 Å². The monoisotopic (exact) mass is 693 g/mol. The fraction of sp³-hybridized carbons (Fsp3) is 0.444. The molecule has 6 N–H and O–H groups in total. The molecule has 0 saturated heterocycles. The van der Waals surface area contributed by atoms with Crippen molar-refractivity contribution in [2.45, 2.75) is 89.9 Å². The van der Waals surface area contributed by atoms with Crippen LogP contribution in [0.5, 0.6) is 0 Å². The third-order valence-electron chi connectivity index (χ3n) is 7.80. The minimum absolute atomic E-state index is 0.0110. The van der Waals surface area contributed by atoms with Crippen molar-refractivity contribution in [1.29, 1.82) is 0 Å². The lowest BCUT2D eigenvalue weighted by atomic mass is 10.0. The van der Waals surface area contributed by atoms with E-state index in [1.165, 1.54) is 0 Å². The number of aliphatic carboxylic acids is 1. The predicted molar refractivity (Wildman–Crippen MR) is 185 cm³/mol. The standard InChI is InChI=1S/C36H47N5O9/c1-3-5-15-28(39-35(47)30(21-31(42)43)41-36(48)50-23-24-12-8-7-9-13-24)34(46)40-29(20-25-22-38-27-16-11-10-14-26(25)27)33(45)37-18-17-32(44)49-19-6-4-2/h7-14,16,22,28-30,38H,3-6,15,17-21,23H2,1-2H3,(H,37,45)(H,39,47)(H,40,46)(H,41,48)(H,42,43)/t28-,29+,30+/m1/s1. The Morgan fingerprint density at radius 3 is 2.18 bits per heavy atom. The predicted octanol–water partition coefficient (Wildman–Crippen LogP) is 3.49. The highest BCUT2D eigenvalue weighted by Gasteiger charge is 2.31. The molecule has 1 heterocycles. The number of carboxylic acids is 1. The normalized spacial score (nSPS) is 12.6. The van der Waals surface area contributed by atoms with Crippen LogP contribution in [0, 0.1) is 0 Å². The van der Waals surface area contributed by atoms with Crippen LogP contribution >= 0.6 is 0 Å².